The van der Waals surface area contributed by atoms with E-state index in [1.165, 1.54) is 12.1 Å². The summed E-state index contributed by atoms with van der Waals surface area (Å²) in [6.45, 7) is 0. The van der Waals surface area contributed by atoms with Gasteiger partial charge in [0.1, 0.15) is 5.82 Å². The van der Waals surface area contributed by atoms with Gasteiger partial charge in [0.05, 0.1) is 6.04 Å². The van der Waals surface area contributed by atoms with E-state index in [0.29, 0.717) is 0 Å². The van der Waals surface area contributed by atoms with Crippen molar-refractivity contribution < 1.29 is 4.39 Å². The summed E-state index contributed by atoms with van der Waals surface area (Å²) in [5.74, 6) is -0.252. The molecule has 0 saturated carbocycles. The predicted molar refractivity (Wildman–Crippen MR) is 74.2 cm³/mol. The molecule has 3 rings (SSSR count). The van der Waals surface area contributed by atoms with E-state index in [1.54, 1.807) is 18.3 Å². The molecule has 19 heavy (non-hydrogen) atoms. The summed E-state index contributed by atoms with van der Waals surface area (Å²) < 4.78 is 13.0. The highest BCUT2D eigenvalue weighted by atomic mass is 19.1. The first-order valence-corrected chi connectivity index (χ1v) is 6.09. The van der Waals surface area contributed by atoms with Gasteiger partial charge in [-0.25, -0.2) is 4.39 Å². The van der Waals surface area contributed by atoms with Gasteiger partial charge in [0, 0.05) is 17.8 Å². The Hall–Kier alpha value is -2.26. The summed E-state index contributed by atoms with van der Waals surface area (Å²) in [6.07, 6.45) is 3.57. The normalized spacial score (nSPS) is 12.5. The van der Waals surface area contributed by atoms with Crippen LogP contribution in [-0.2, 0) is 0 Å². The molecular weight excluding hydrogens is 239 g/mol. The quantitative estimate of drug-likeness (QED) is 0.759. The molecule has 0 aliphatic heterocycles. The summed E-state index contributed by atoms with van der Waals surface area (Å²) in [5.41, 5.74) is 8.20. The fourth-order valence-corrected chi connectivity index (χ4v) is 2.27. The molecule has 0 amide bonds. The van der Waals surface area contributed by atoms with Crippen molar-refractivity contribution in [1.82, 2.24) is 4.98 Å². The van der Waals surface area contributed by atoms with Crippen LogP contribution in [0.15, 0.2) is 60.9 Å². The Balaban J connectivity index is 2.11. The Morgan fingerprint density at radius 1 is 1.00 bits per heavy atom. The number of benzene rings is 2. The van der Waals surface area contributed by atoms with E-state index in [4.69, 9.17) is 5.73 Å². The zero-order valence-electron chi connectivity index (χ0n) is 10.3. The molecule has 2 N–H and O–H groups in total. The smallest absolute Gasteiger partial charge is 0.123 e. The lowest BCUT2D eigenvalue weighted by atomic mass is 9.95. The molecule has 1 unspecified atom stereocenters. The van der Waals surface area contributed by atoms with Gasteiger partial charge >= 0.3 is 0 Å². The average Bonchev–Trinajstić information content (AvgIpc) is 2.47. The van der Waals surface area contributed by atoms with Gasteiger partial charge < -0.3 is 5.73 Å². The van der Waals surface area contributed by atoms with Crippen LogP contribution in [0.4, 0.5) is 4.39 Å². The molecule has 94 valence electrons. The first kappa shape index (κ1) is 11.8. The molecule has 3 aromatic rings. The SMILES string of the molecule is NC(c1ccc(F)cc1)c1cccc2cnccc12. The highest BCUT2D eigenvalue weighted by Crippen LogP contribution is 2.26. The van der Waals surface area contributed by atoms with E-state index < -0.39 is 0 Å². The Morgan fingerprint density at radius 3 is 2.58 bits per heavy atom. The van der Waals surface area contributed by atoms with E-state index in [9.17, 15) is 4.39 Å². The lowest BCUT2D eigenvalue weighted by molar-refractivity contribution is 0.626. The highest BCUT2D eigenvalue weighted by molar-refractivity contribution is 5.85. The van der Waals surface area contributed by atoms with Gasteiger partial charge in [-0.05, 0) is 34.7 Å². The van der Waals surface area contributed by atoms with Crippen molar-refractivity contribution in [2.24, 2.45) is 5.73 Å². The zero-order valence-corrected chi connectivity index (χ0v) is 10.3. The Labute approximate surface area is 110 Å². The van der Waals surface area contributed by atoms with Gasteiger partial charge in [-0.2, -0.15) is 0 Å². The molecule has 2 nitrogen and oxygen atoms in total. The summed E-state index contributed by atoms with van der Waals surface area (Å²) in [6, 6.07) is 14.0. The number of aromatic nitrogens is 1. The van der Waals surface area contributed by atoms with Crippen molar-refractivity contribution in [3.8, 4) is 0 Å². The lowest BCUT2D eigenvalue weighted by Crippen LogP contribution is -2.12. The minimum absolute atomic E-state index is 0.252. The lowest BCUT2D eigenvalue weighted by Gasteiger charge is -2.15. The molecule has 0 spiro atoms. The first-order valence-electron chi connectivity index (χ1n) is 6.09. The number of nitrogens with two attached hydrogens (primary N) is 1. The van der Waals surface area contributed by atoms with E-state index >= 15 is 0 Å². The average molecular weight is 252 g/mol. The van der Waals surface area contributed by atoms with Crippen molar-refractivity contribution in [2.75, 3.05) is 0 Å². The summed E-state index contributed by atoms with van der Waals surface area (Å²) in [7, 11) is 0. The van der Waals surface area contributed by atoms with Gasteiger partial charge in [-0.3, -0.25) is 4.98 Å². The van der Waals surface area contributed by atoms with Crippen LogP contribution in [0.5, 0.6) is 0 Å². The van der Waals surface area contributed by atoms with E-state index in [0.717, 1.165) is 21.9 Å². The standard InChI is InChI=1S/C16H13FN2/c17-13-6-4-11(5-7-13)16(18)15-3-1-2-12-10-19-9-8-14(12)15/h1-10,16H,18H2. The monoisotopic (exact) mass is 252 g/mol. The maximum absolute atomic E-state index is 13.0. The molecular formula is C16H13FN2. The molecule has 0 saturated heterocycles. The molecule has 1 heterocycles. The van der Waals surface area contributed by atoms with E-state index in [2.05, 4.69) is 4.98 Å². The number of fused-ring (bicyclic) bond motifs is 1. The maximum atomic E-state index is 13.0. The molecule has 1 atom stereocenters. The second-order valence-electron chi connectivity index (χ2n) is 4.47. The second-order valence-corrected chi connectivity index (χ2v) is 4.47. The first-order chi connectivity index (χ1) is 9.25. The number of hydrogen-bond donors (Lipinski definition) is 1. The van der Waals surface area contributed by atoms with E-state index in [1.807, 2.05) is 30.5 Å². The number of nitrogens with zero attached hydrogens (tertiary/aromatic N) is 1. The van der Waals surface area contributed by atoms with Crippen LogP contribution in [0.3, 0.4) is 0 Å². The van der Waals surface area contributed by atoms with Crippen LogP contribution in [0, 0.1) is 5.82 Å². The molecule has 0 bridgehead atoms. The van der Waals surface area contributed by atoms with Crippen molar-refractivity contribution in [2.45, 2.75) is 6.04 Å². The summed E-state index contributed by atoms with van der Waals surface area (Å²) >= 11 is 0. The van der Waals surface area contributed by atoms with Gasteiger partial charge in [0.2, 0.25) is 0 Å². The van der Waals surface area contributed by atoms with E-state index in [-0.39, 0.29) is 11.9 Å². The fourth-order valence-electron chi connectivity index (χ4n) is 2.27. The van der Waals surface area contributed by atoms with Crippen LogP contribution in [0.2, 0.25) is 0 Å². The third-order valence-electron chi connectivity index (χ3n) is 3.28. The molecule has 0 aliphatic carbocycles. The van der Waals surface area contributed by atoms with Crippen LogP contribution < -0.4 is 5.73 Å². The van der Waals surface area contributed by atoms with Crippen molar-refractivity contribution in [3.63, 3.8) is 0 Å². The number of halogens is 1. The minimum Gasteiger partial charge on any atom is -0.320 e. The number of pyridine rings is 1. The van der Waals surface area contributed by atoms with Crippen molar-refractivity contribution in [3.05, 3.63) is 77.9 Å². The van der Waals surface area contributed by atoms with Gasteiger partial charge in [-0.15, -0.1) is 0 Å². The Morgan fingerprint density at radius 2 is 1.79 bits per heavy atom. The fraction of sp³-hybridized carbons (Fsp3) is 0.0625. The largest absolute Gasteiger partial charge is 0.320 e. The van der Waals surface area contributed by atoms with Crippen molar-refractivity contribution in [1.29, 1.82) is 0 Å². The Kier molecular flexibility index (Phi) is 2.97. The number of hydrogen-bond acceptors (Lipinski definition) is 2. The second kappa shape index (κ2) is 4.78. The molecule has 0 fully saturated rings. The third-order valence-corrected chi connectivity index (χ3v) is 3.28. The minimum atomic E-state index is -0.272. The van der Waals surface area contributed by atoms with Crippen LogP contribution in [0.25, 0.3) is 10.8 Å². The Bertz CT molecular complexity index is 702. The van der Waals surface area contributed by atoms with Crippen LogP contribution in [0.1, 0.15) is 17.2 Å². The molecule has 0 radical (unpaired) electrons. The van der Waals surface area contributed by atoms with Gasteiger partial charge in [0.15, 0.2) is 0 Å². The van der Waals surface area contributed by atoms with Crippen LogP contribution >= 0.6 is 0 Å². The van der Waals surface area contributed by atoms with Crippen molar-refractivity contribution >= 4 is 10.8 Å². The van der Waals surface area contributed by atoms with Gasteiger partial charge in [-0.1, -0.05) is 30.3 Å². The van der Waals surface area contributed by atoms with Crippen LogP contribution in [-0.4, -0.2) is 4.98 Å². The van der Waals surface area contributed by atoms with Gasteiger partial charge in [0.25, 0.3) is 0 Å². The predicted octanol–water partition coefficient (Wildman–Crippen LogP) is 3.42. The maximum Gasteiger partial charge on any atom is 0.123 e. The third kappa shape index (κ3) is 2.20. The molecule has 2 aromatic carbocycles. The highest BCUT2D eigenvalue weighted by Gasteiger charge is 2.11. The summed E-state index contributed by atoms with van der Waals surface area (Å²) in [5, 5.41) is 2.13. The molecule has 3 heteroatoms. The topological polar surface area (TPSA) is 38.9 Å². The zero-order chi connectivity index (χ0) is 13.2. The number of rotatable bonds is 2. The molecule has 1 aromatic heterocycles. The molecule has 0 aliphatic rings. The summed E-state index contributed by atoms with van der Waals surface area (Å²) in [4.78, 5) is 4.11.